The van der Waals surface area contributed by atoms with Crippen molar-refractivity contribution in [1.29, 1.82) is 0 Å². The Balaban J connectivity index is 1.87. The number of carbonyl (C=O) groups is 1. The summed E-state index contributed by atoms with van der Waals surface area (Å²) in [5.41, 5.74) is 0. The minimum atomic E-state index is -0.111. The molecule has 0 aromatic carbocycles. The Morgan fingerprint density at radius 3 is 2.85 bits per heavy atom. The number of hydrogen-bond donors (Lipinski definition) is 2. The molecule has 3 rings (SSSR count). The molecule has 1 amide bonds. The molecule has 4 unspecified atom stereocenters. The van der Waals surface area contributed by atoms with E-state index in [-0.39, 0.29) is 29.1 Å². The summed E-state index contributed by atoms with van der Waals surface area (Å²) in [5, 5.41) is 6.53. The minimum absolute atomic E-state index is 0.0200. The fourth-order valence-corrected chi connectivity index (χ4v) is 3.43. The van der Waals surface area contributed by atoms with Crippen molar-refractivity contribution in [2.75, 3.05) is 12.4 Å². The second-order valence-corrected chi connectivity index (χ2v) is 5.84. The summed E-state index contributed by atoms with van der Waals surface area (Å²) >= 11 is 11.9. The number of anilines is 1. The third kappa shape index (κ3) is 2.25. The lowest BCUT2D eigenvalue weighted by Gasteiger charge is -2.28. The van der Waals surface area contributed by atoms with Gasteiger partial charge in [0.25, 0.3) is 0 Å². The normalized spacial score (nSPS) is 30.6. The molecule has 0 radical (unpaired) electrons. The first-order valence-electron chi connectivity index (χ1n) is 6.44. The van der Waals surface area contributed by atoms with Crippen LogP contribution in [0.25, 0.3) is 0 Å². The number of fused-ring (bicyclic) bond motifs is 2. The number of hydrogen-bond acceptors (Lipinski definition) is 4. The zero-order chi connectivity index (χ0) is 14.3. The number of aromatic nitrogens is 2. The van der Waals surface area contributed by atoms with Gasteiger partial charge in [-0.2, -0.15) is 4.98 Å². The monoisotopic (exact) mass is 312 g/mol. The van der Waals surface area contributed by atoms with E-state index < -0.39 is 0 Å². The van der Waals surface area contributed by atoms with Crippen molar-refractivity contribution >= 4 is 34.9 Å². The molecule has 2 aliphatic rings. The summed E-state index contributed by atoms with van der Waals surface area (Å²) < 4.78 is 0. The van der Waals surface area contributed by atoms with Gasteiger partial charge >= 0.3 is 0 Å². The quantitative estimate of drug-likeness (QED) is 0.663. The van der Waals surface area contributed by atoms with Crippen LogP contribution in [0, 0.1) is 17.8 Å². The first kappa shape index (κ1) is 13.6. The van der Waals surface area contributed by atoms with E-state index in [9.17, 15) is 4.79 Å². The molecule has 1 saturated carbocycles. The lowest BCUT2D eigenvalue weighted by Crippen LogP contribution is -2.42. The highest BCUT2D eigenvalue weighted by molar-refractivity contribution is 6.33. The van der Waals surface area contributed by atoms with Crippen molar-refractivity contribution < 1.29 is 4.79 Å². The van der Waals surface area contributed by atoms with Crippen LogP contribution in [0.1, 0.15) is 6.42 Å². The van der Waals surface area contributed by atoms with Crippen LogP contribution in [0.4, 0.5) is 5.82 Å². The minimum Gasteiger partial charge on any atom is -0.365 e. The van der Waals surface area contributed by atoms with Gasteiger partial charge in [-0.15, -0.1) is 0 Å². The van der Waals surface area contributed by atoms with E-state index >= 15 is 0 Å². The van der Waals surface area contributed by atoms with Crippen LogP contribution in [0.15, 0.2) is 18.3 Å². The van der Waals surface area contributed by atoms with Crippen molar-refractivity contribution in [2.24, 2.45) is 17.8 Å². The van der Waals surface area contributed by atoms with Gasteiger partial charge in [-0.1, -0.05) is 23.8 Å². The van der Waals surface area contributed by atoms with E-state index in [0.29, 0.717) is 16.8 Å². The van der Waals surface area contributed by atoms with E-state index in [1.807, 2.05) is 0 Å². The number of nitrogens with one attached hydrogen (secondary N) is 2. The summed E-state index contributed by atoms with van der Waals surface area (Å²) in [5.74, 6) is 0.989. The first-order chi connectivity index (χ1) is 9.60. The van der Waals surface area contributed by atoms with Gasteiger partial charge in [-0.3, -0.25) is 4.79 Å². The van der Waals surface area contributed by atoms with Crippen LogP contribution >= 0.6 is 23.2 Å². The SMILES string of the molecule is CNC(=O)C1C2C=CC(C2)C1Nc1nc(Cl)ncc1Cl. The fraction of sp³-hybridized carbons (Fsp3) is 0.462. The Kier molecular flexibility index (Phi) is 3.56. The second kappa shape index (κ2) is 5.22. The highest BCUT2D eigenvalue weighted by atomic mass is 35.5. The van der Waals surface area contributed by atoms with Gasteiger partial charge in [-0.05, 0) is 29.9 Å². The predicted octanol–water partition coefficient (Wildman–Crippen LogP) is 2.13. The predicted molar refractivity (Wildman–Crippen MR) is 77.8 cm³/mol. The molecule has 4 atom stereocenters. The fourth-order valence-electron chi connectivity index (χ4n) is 3.15. The lowest BCUT2D eigenvalue weighted by atomic mass is 9.88. The van der Waals surface area contributed by atoms with Gasteiger partial charge in [0.1, 0.15) is 10.8 Å². The molecule has 1 fully saturated rings. The van der Waals surface area contributed by atoms with Gasteiger partial charge in [0, 0.05) is 13.1 Å². The third-order valence-corrected chi connectivity index (χ3v) is 4.49. The number of amides is 1. The zero-order valence-electron chi connectivity index (χ0n) is 10.8. The van der Waals surface area contributed by atoms with Crippen molar-refractivity contribution in [3.05, 3.63) is 28.7 Å². The van der Waals surface area contributed by atoms with Crippen LogP contribution in [-0.4, -0.2) is 29.0 Å². The molecule has 2 bridgehead atoms. The van der Waals surface area contributed by atoms with Gasteiger partial charge < -0.3 is 10.6 Å². The summed E-state index contributed by atoms with van der Waals surface area (Å²) in [6, 6.07) is -0.0200. The molecule has 0 spiro atoms. The molecule has 0 aliphatic heterocycles. The Morgan fingerprint density at radius 2 is 2.10 bits per heavy atom. The number of nitrogens with zero attached hydrogens (tertiary/aromatic N) is 2. The van der Waals surface area contributed by atoms with Crippen LogP contribution in [-0.2, 0) is 4.79 Å². The van der Waals surface area contributed by atoms with Crippen LogP contribution in [0.3, 0.4) is 0 Å². The van der Waals surface area contributed by atoms with E-state index in [2.05, 4.69) is 32.8 Å². The molecule has 5 nitrogen and oxygen atoms in total. The topological polar surface area (TPSA) is 66.9 Å². The van der Waals surface area contributed by atoms with E-state index in [4.69, 9.17) is 23.2 Å². The Hall–Kier alpha value is -1.33. The van der Waals surface area contributed by atoms with Gasteiger partial charge in [0.15, 0.2) is 0 Å². The summed E-state index contributed by atoms with van der Waals surface area (Å²) in [6.45, 7) is 0. The lowest BCUT2D eigenvalue weighted by molar-refractivity contribution is -0.125. The van der Waals surface area contributed by atoms with Gasteiger partial charge in [0.2, 0.25) is 11.2 Å². The Morgan fingerprint density at radius 1 is 1.35 bits per heavy atom. The van der Waals surface area contributed by atoms with Crippen molar-refractivity contribution in [3.8, 4) is 0 Å². The van der Waals surface area contributed by atoms with Crippen LogP contribution in [0.5, 0.6) is 0 Å². The van der Waals surface area contributed by atoms with Crippen molar-refractivity contribution in [1.82, 2.24) is 15.3 Å². The van der Waals surface area contributed by atoms with Gasteiger partial charge in [0.05, 0.1) is 12.1 Å². The third-order valence-electron chi connectivity index (χ3n) is 4.03. The molecule has 1 aromatic rings. The average molecular weight is 313 g/mol. The zero-order valence-corrected chi connectivity index (χ0v) is 12.3. The first-order valence-corrected chi connectivity index (χ1v) is 7.20. The largest absolute Gasteiger partial charge is 0.365 e. The summed E-state index contributed by atoms with van der Waals surface area (Å²) in [4.78, 5) is 20.0. The van der Waals surface area contributed by atoms with E-state index in [1.165, 1.54) is 6.20 Å². The Bertz CT molecular complexity index is 577. The maximum absolute atomic E-state index is 12.1. The van der Waals surface area contributed by atoms with E-state index in [0.717, 1.165) is 6.42 Å². The standard InChI is InChI=1S/C13H14Cl2N4O/c1-16-12(20)9-6-2-3-7(4-6)10(9)18-11-8(14)5-17-13(15)19-11/h2-3,5-7,9-10H,4H2,1H3,(H,16,20)(H,17,18,19). The molecular weight excluding hydrogens is 299 g/mol. The highest BCUT2D eigenvalue weighted by Gasteiger charge is 2.48. The number of halogens is 2. The molecule has 106 valence electrons. The Labute approximate surface area is 126 Å². The van der Waals surface area contributed by atoms with Gasteiger partial charge in [-0.25, -0.2) is 4.98 Å². The molecule has 1 heterocycles. The average Bonchev–Trinajstić information content (AvgIpc) is 3.03. The van der Waals surface area contributed by atoms with Crippen molar-refractivity contribution in [2.45, 2.75) is 12.5 Å². The molecule has 1 aromatic heterocycles. The highest BCUT2D eigenvalue weighted by Crippen LogP contribution is 2.45. The number of rotatable bonds is 3. The smallest absolute Gasteiger partial charge is 0.225 e. The molecule has 20 heavy (non-hydrogen) atoms. The van der Waals surface area contributed by atoms with E-state index in [1.54, 1.807) is 7.05 Å². The molecule has 7 heteroatoms. The summed E-state index contributed by atoms with van der Waals surface area (Å²) in [7, 11) is 1.66. The number of allylic oxidation sites excluding steroid dienone is 1. The number of carbonyl (C=O) groups excluding carboxylic acids is 1. The molecule has 2 N–H and O–H groups in total. The van der Waals surface area contributed by atoms with Crippen LogP contribution < -0.4 is 10.6 Å². The second-order valence-electron chi connectivity index (χ2n) is 5.09. The van der Waals surface area contributed by atoms with Crippen molar-refractivity contribution in [3.63, 3.8) is 0 Å². The molecular formula is C13H14Cl2N4O. The molecule has 2 aliphatic carbocycles. The maximum atomic E-state index is 12.1. The van der Waals surface area contributed by atoms with Crippen LogP contribution in [0.2, 0.25) is 10.3 Å². The summed E-state index contributed by atoms with van der Waals surface area (Å²) in [6.07, 6.45) is 6.71. The maximum Gasteiger partial charge on any atom is 0.225 e. The molecule has 0 saturated heterocycles.